The normalized spacial score (nSPS) is 18.2. The predicted octanol–water partition coefficient (Wildman–Crippen LogP) is 2.45. The van der Waals surface area contributed by atoms with Gasteiger partial charge in [0.15, 0.2) is 17.3 Å². The first-order valence-corrected chi connectivity index (χ1v) is 8.60. The minimum atomic E-state index is -0.785. The second kappa shape index (κ2) is 6.71. The second-order valence-electron chi connectivity index (χ2n) is 6.40. The molecular formula is C19H19N5O3. The maximum Gasteiger partial charge on any atom is 0.270 e. The maximum absolute atomic E-state index is 12.7. The molecule has 138 valence electrons. The molecule has 2 atom stereocenters. The molecule has 1 amide bonds. The fraction of sp³-hybridized carbons (Fsp3) is 0.263. The van der Waals surface area contributed by atoms with Gasteiger partial charge in [-0.2, -0.15) is 5.10 Å². The highest BCUT2D eigenvalue weighted by molar-refractivity contribution is 5.94. The molecule has 8 nitrogen and oxygen atoms in total. The molecule has 0 radical (unpaired) electrons. The lowest BCUT2D eigenvalue weighted by molar-refractivity contribution is -0.128. The lowest BCUT2D eigenvalue weighted by Crippen LogP contribution is -2.46. The third-order valence-electron chi connectivity index (χ3n) is 4.23. The first-order valence-electron chi connectivity index (χ1n) is 8.60. The molecule has 1 aliphatic rings. The molecule has 3 aromatic rings. The summed E-state index contributed by atoms with van der Waals surface area (Å²) in [6.07, 6.45) is 0.169. The van der Waals surface area contributed by atoms with Crippen molar-refractivity contribution in [3.8, 4) is 17.3 Å². The number of nitrogens with zero attached hydrogens (tertiary/aromatic N) is 4. The number of ether oxygens (including phenoxy) is 2. The number of benzene rings is 1. The highest BCUT2D eigenvalue weighted by atomic mass is 16.6. The van der Waals surface area contributed by atoms with Gasteiger partial charge in [-0.15, -0.1) is 0 Å². The number of nitrogens with one attached hydrogen (secondary N) is 1. The zero-order valence-corrected chi connectivity index (χ0v) is 15.2. The Bertz CT molecular complexity index is 1000. The molecule has 2 aromatic heterocycles. The molecule has 0 bridgehead atoms. The summed E-state index contributed by atoms with van der Waals surface area (Å²) in [6.45, 7) is 5.64. The van der Waals surface area contributed by atoms with E-state index in [1.54, 1.807) is 23.7 Å². The summed E-state index contributed by atoms with van der Waals surface area (Å²) in [5.74, 6) is 1.78. The van der Waals surface area contributed by atoms with Crippen molar-refractivity contribution in [3.63, 3.8) is 0 Å². The molecule has 0 unspecified atom stereocenters. The van der Waals surface area contributed by atoms with Gasteiger partial charge < -0.3 is 14.8 Å². The summed E-state index contributed by atoms with van der Waals surface area (Å²) in [5, 5.41) is 7.17. The Morgan fingerprint density at radius 2 is 1.85 bits per heavy atom. The minimum Gasteiger partial charge on any atom is -0.482 e. The Morgan fingerprint density at radius 3 is 2.56 bits per heavy atom. The number of anilines is 1. The molecule has 3 heterocycles. The lowest BCUT2D eigenvalue weighted by Gasteiger charge is -2.30. The summed E-state index contributed by atoms with van der Waals surface area (Å²) < 4.78 is 13.3. The molecule has 8 heteroatoms. The number of aryl methyl sites for hydroxylation is 2. The molecule has 0 saturated heterocycles. The van der Waals surface area contributed by atoms with Gasteiger partial charge in [0.1, 0.15) is 18.2 Å². The number of rotatable bonds is 3. The highest BCUT2D eigenvalue weighted by Crippen LogP contribution is 2.33. The van der Waals surface area contributed by atoms with E-state index in [-0.39, 0.29) is 5.91 Å². The fourth-order valence-corrected chi connectivity index (χ4v) is 3.00. The Labute approximate surface area is 156 Å². The van der Waals surface area contributed by atoms with Crippen molar-refractivity contribution in [1.82, 2.24) is 19.7 Å². The number of amides is 1. The quantitative estimate of drug-likeness (QED) is 0.767. The SMILES string of the molecule is Cc1cc(C)n(-c2cc(NC(=O)[C@@H]3Oc4ccccc4O[C@@H]3C)ncn2)n1. The number of fused-ring (bicyclic) bond motifs is 1. The molecule has 1 aromatic carbocycles. The summed E-state index contributed by atoms with van der Waals surface area (Å²) in [6, 6.07) is 10.9. The Kier molecular flexibility index (Phi) is 4.23. The number of hydrogen-bond acceptors (Lipinski definition) is 6. The zero-order valence-electron chi connectivity index (χ0n) is 15.2. The molecule has 0 fully saturated rings. The third kappa shape index (κ3) is 3.33. The van der Waals surface area contributed by atoms with Crippen molar-refractivity contribution in [2.75, 3.05) is 5.32 Å². The summed E-state index contributed by atoms with van der Waals surface area (Å²) in [4.78, 5) is 21.1. The Hall–Kier alpha value is -3.42. The van der Waals surface area contributed by atoms with Gasteiger partial charge in [-0.25, -0.2) is 14.6 Å². The zero-order chi connectivity index (χ0) is 19.0. The summed E-state index contributed by atoms with van der Waals surface area (Å²) >= 11 is 0. The topological polar surface area (TPSA) is 91.2 Å². The monoisotopic (exact) mass is 365 g/mol. The standard InChI is InChI=1S/C19H19N5O3/c1-11-8-12(2)24(23-11)17-9-16(20-10-21-17)22-19(25)18-13(3)26-14-6-4-5-7-15(14)27-18/h4-10,13,18H,1-3H3,(H,20,21,22,25)/t13-,18-/m1/s1. The predicted molar refractivity (Wildman–Crippen MR) is 98.2 cm³/mol. The molecule has 1 aliphatic heterocycles. The number of carbonyl (C=O) groups is 1. The van der Waals surface area contributed by atoms with Gasteiger partial charge in [-0.3, -0.25) is 4.79 Å². The van der Waals surface area contributed by atoms with Crippen molar-refractivity contribution >= 4 is 11.7 Å². The lowest BCUT2D eigenvalue weighted by atomic mass is 10.1. The van der Waals surface area contributed by atoms with Crippen LogP contribution in [0, 0.1) is 13.8 Å². The van der Waals surface area contributed by atoms with E-state index in [1.165, 1.54) is 6.33 Å². The molecule has 4 rings (SSSR count). The molecule has 0 saturated carbocycles. The van der Waals surface area contributed by atoms with E-state index in [2.05, 4.69) is 20.4 Å². The van der Waals surface area contributed by atoms with E-state index in [0.29, 0.717) is 23.1 Å². The van der Waals surface area contributed by atoms with Crippen LogP contribution in [0.1, 0.15) is 18.3 Å². The minimum absolute atomic E-state index is 0.338. The van der Waals surface area contributed by atoms with Crippen molar-refractivity contribution in [3.05, 3.63) is 54.1 Å². The number of carbonyl (C=O) groups excluding carboxylic acids is 1. The largest absolute Gasteiger partial charge is 0.482 e. The van der Waals surface area contributed by atoms with Crippen LogP contribution in [0.2, 0.25) is 0 Å². The van der Waals surface area contributed by atoms with Crippen LogP contribution in [0.4, 0.5) is 5.82 Å². The van der Waals surface area contributed by atoms with E-state index in [4.69, 9.17) is 9.47 Å². The maximum atomic E-state index is 12.7. The average molecular weight is 365 g/mol. The van der Waals surface area contributed by atoms with Gasteiger partial charge in [0.25, 0.3) is 5.91 Å². The molecule has 0 aliphatic carbocycles. The number of aromatic nitrogens is 4. The van der Waals surface area contributed by atoms with Crippen LogP contribution in [-0.4, -0.2) is 37.9 Å². The first kappa shape index (κ1) is 17.0. The van der Waals surface area contributed by atoms with E-state index >= 15 is 0 Å². The highest BCUT2D eigenvalue weighted by Gasteiger charge is 2.34. The van der Waals surface area contributed by atoms with Gasteiger partial charge in [0.05, 0.1) is 5.69 Å². The van der Waals surface area contributed by atoms with Crippen LogP contribution >= 0.6 is 0 Å². The number of hydrogen-bond donors (Lipinski definition) is 1. The molecule has 27 heavy (non-hydrogen) atoms. The van der Waals surface area contributed by atoms with E-state index in [9.17, 15) is 4.79 Å². The van der Waals surface area contributed by atoms with Crippen molar-refractivity contribution in [1.29, 1.82) is 0 Å². The van der Waals surface area contributed by atoms with Crippen LogP contribution in [0.25, 0.3) is 5.82 Å². The van der Waals surface area contributed by atoms with Crippen LogP contribution in [0.5, 0.6) is 11.5 Å². The average Bonchev–Trinajstić information content (AvgIpc) is 2.99. The fourth-order valence-electron chi connectivity index (χ4n) is 3.00. The van der Waals surface area contributed by atoms with E-state index in [1.807, 2.05) is 38.1 Å². The van der Waals surface area contributed by atoms with Crippen molar-refractivity contribution < 1.29 is 14.3 Å². The van der Waals surface area contributed by atoms with Crippen LogP contribution in [0.3, 0.4) is 0 Å². The van der Waals surface area contributed by atoms with E-state index in [0.717, 1.165) is 11.4 Å². The van der Waals surface area contributed by atoms with Crippen LogP contribution < -0.4 is 14.8 Å². The van der Waals surface area contributed by atoms with Crippen LogP contribution in [-0.2, 0) is 4.79 Å². The third-order valence-corrected chi connectivity index (χ3v) is 4.23. The van der Waals surface area contributed by atoms with Gasteiger partial charge in [0.2, 0.25) is 6.10 Å². The first-order chi connectivity index (χ1) is 13.0. The summed E-state index contributed by atoms with van der Waals surface area (Å²) in [7, 11) is 0. The van der Waals surface area contributed by atoms with Gasteiger partial charge >= 0.3 is 0 Å². The van der Waals surface area contributed by atoms with E-state index < -0.39 is 12.2 Å². The molecule has 0 spiro atoms. The Morgan fingerprint density at radius 1 is 1.11 bits per heavy atom. The summed E-state index contributed by atoms with van der Waals surface area (Å²) in [5.41, 5.74) is 1.83. The van der Waals surface area contributed by atoms with Gasteiger partial charge in [0, 0.05) is 11.8 Å². The van der Waals surface area contributed by atoms with Crippen LogP contribution in [0.15, 0.2) is 42.7 Å². The van der Waals surface area contributed by atoms with Crippen molar-refractivity contribution in [2.45, 2.75) is 33.0 Å². The molecule has 1 N–H and O–H groups in total. The van der Waals surface area contributed by atoms with Crippen molar-refractivity contribution in [2.24, 2.45) is 0 Å². The molecular weight excluding hydrogens is 346 g/mol. The second-order valence-corrected chi connectivity index (χ2v) is 6.40. The van der Waals surface area contributed by atoms with Gasteiger partial charge in [-0.05, 0) is 39.0 Å². The number of para-hydroxylation sites is 2. The smallest absolute Gasteiger partial charge is 0.270 e. The Balaban J connectivity index is 1.53. The van der Waals surface area contributed by atoms with Gasteiger partial charge in [-0.1, -0.05) is 12.1 Å².